The zero-order valence-corrected chi connectivity index (χ0v) is 11.3. The Hall–Kier alpha value is -0.410. The predicted molar refractivity (Wildman–Crippen MR) is 69.7 cm³/mol. The van der Waals surface area contributed by atoms with Crippen LogP contribution in [0.2, 0.25) is 0 Å². The zero-order chi connectivity index (χ0) is 11.6. The smallest absolute Gasteiger partial charge is 0.112 e. The summed E-state index contributed by atoms with van der Waals surface area (Å²) in [7, 11) is 0. The molecule has 1 fully saturated rings. The van der Waals surface area contributed by atoms with Crippen LogP contribution in [0.5, 0.6) is 0 Å². The molecule has 0 bridgehead atoms. The third-order valence-corrected chi connectivity index (χ3v) is 4.78. The van der Waals surface area contributed by atoms with E-state index < -0.39 is 0 Å². The average Bonchev–Trinajstić information content (AvgIpc) is 2.99. The molecule has 1 saturated carbocycles. The van der Waals surface area contributed by atoms with E-state index in [1.54, 1.807) is 11.3 Å². The quantitative estimate of drug-likeness (QED) is 0.820. The van der Waals surface area contributed by atoms with Gasteiger partial charge in [-0.2, -0.15) is 0 Å². The number of nitrogens with one attached hydrogen (secondary N) is 1. The number of nitrogens with zero attached hydrogens (tertiary/aromatic N) is 1. The van der Waals surface area contributed by atoms with Gasteiger partial charge in [0.2, 0.25) is 0 Å². The highest BCUT2D eigenvalue weighted by molar-refractivity contribution is 7.09. The molecule has 0 saturated heterocycles. The summed E-state index contributed by atoms with van der Waals surface area (Å²) >= 11 is 1.77. The molecule has 0 aliphatic heterocycles. The molecule has 1 aliphatic rings. The van der Waals surface area contributed by atoms with Crippen molar-refractivity contribution in [1.29, 1.82) is 0 Å². The molecule has 1 aromatic heterocycles. The van der Waals surface area contributed by atoms with E-state index in [0.717, 1.165) is 12.3 Å². The van der Waals surface area contributed by atoms with Gasteiger partial charge in [-0.05, 0) is 38.5 Å². The minimum Gasteiger partial charge on any atom is -0.303 e. The molecule has 90 valence electrons. The van der Waals surface area contributed by atoms with Gasteiger partial charge < -0.3 is 5.32 Å². The van der Waals surface area contributed by atoms with E-state index in [0.29, 0.717) is 6.04 Å². The fourth-order valence-electron chi connectivity index (χ4n) is 2.27. The van der Waals surface area contributed by atoms with E-state index in [2.05, 4.69) is 36.5 Å². The maximum Gasteiger partial charge on any atom is 0.112 e. The van der Waals surface area contributed by atoms with Crippen LogP contribution in [0.1, 0.15) is 51.5 Å². The molecule has 0 amide bonds. The van der Waals surface area contributed by atoms with Crippen LogP contribution in [0.4, 0.5) is 0 Å². The molecular formula is C13H22N2S. The van der Waals surface area contributed by atoms with Crippen LogP contribution < -0.4 is 5.32 Å². The molecule has 2 nitrogen and oxygen atoms in total. The zero-order valence-electron chi connectivity index (χ0n) is 10.5. The van der Waals surface area contributed by atoms with Crippen LogP contribution in [0.25, 0.3) is 0 Å². The van der Waals surface area contributed by atoms with Gasteiger partial charge in [-0.1, -0.05) is 13.8 Å². The fraction of sp³-hybridized carbons (Fsp3) is 0.769. The molecule has 1 heterocycles. The number of hydrogen-bond acceptors (Lipinski definition) is 3. The van der Waals surface area contributed by atoms with Crippen molar-refractivity contribution in [3.63, 3.8) is 0 Å². The predicted octanol–water partition coefficient (Wildman–Crippen LogP) is 3.55. The van der Waals surface area contributed by atoms with E-state index in [9.17, 15) is 0 Å². The van der Waals surface area contributed by atoms with E-state index in [-0.39, 0.29) is 5.54 Å². The van der Waals surface area contributed by atoms with Crippen molar-refractivity contribution in [3.8, 4) is 0 Å². The average molecular weight is 238 g/mol. The number of aromatic nitrogens is 1. The Balaban J connectivity index is 2.08. The maximum absolute atomic E-state index is 4.48. The number of thiazole rings is 1. The molecule has 2 unspecified atom stereocenters. The largest absolute Gasteiger partial charge is 0.303 e. The Morgan fingerprint density at radius 1 is 1.56 bits per heavy atom. The van der Waals surface area contributed by atoms with Crippen molar-refractivity contribution < 1.29 is 0 Å². The second-order valence-corrected chi connectivity index (χ2v) is 5.91. The van der Waals surface area contributed by atoms with Crippen molar-refractivity contribution >= 4 is 11.3 Å². The van der Waals surface area contributed by atoms with Crippen molar-refractivity contribution in [2.75, 3.05) is 0 Å². The van der Waals surface area contributed by atoms with Gasteiger partial charge >= 0.3 is 0 Å². The first kappa shape index (κ1) is 12.1. The van der Waals surface area contributed by atoms with E-state index in [1.165, 1.54) is 24.3 Å². The van der Waals surface area contributed by atoms with Crippen LogP contribution in [0.3, 0.4) is 0 Å². The van der Waals surface area contributed by atoms with Crippen molar-refractivity contribution in [1.82, 2.24) is 10.3 Å². The van der Waals surface area contributed by atoms with Crippen molar-refractivity contribution in [2.45, 2.75) is 58.0 Å². The summed E-state index contributed by atoms with van der Waals surface area (Å²) in [6, 6.07) is 0.675. The molecule has 2 rings (SSSR count). The first-order valence-corrected chi connectivity index (χ1v) is 7.25. The lowest BCUT2D eigenvalue weighted by Gasteiger charge is -2.32. The molecule has 1 aliphatic carbocycles. The van der Waals surface area contributed by atoms with Crippen molar-refractivity contribution in [2.24, 2.45) is 5.92 Å². The maximum atomic E-state index is 4.48. The van der Waals surface area contributed by atoms with E-state index in [1.807, 2.05) is 6.20 Å². The minimum atomic E-state index is 0.0669. The van der Waals surface area contributed by atoms with Gasteiger partial charge in [0.05, 0.1) is 5.54 Å². The van der Waals surface area contributed by atoms with Crippen LogP contribution in [-0.4, -0.2) is 11.0 Å². The van der Waals surface area contributed by atoms with Gasteiger partial charge in [0.15, 0.2) is 0 Å². The van der Waals surface area contributed by atoms with Gasteiger partial charge in [0.25, 0.3) is 0 Å². The summed E-state index contributed by atoms with van der Waals surface area (Å²) in [5.41, 5.74) is 0.0669. The summed E-state index contributed by atoms with van der Waals surface area (Å²) in [6.07, 6.45) is 7.05. The number of rotatable bonds is 6. The molecular weight excluding hydrogens is 216 g/mol. The molecule has 0 radical (unpaired) electrons. The monoisotopic (exact) mass is 238 g/mol. The Kier molecular flexibility index (Phi) is 3.65. The normalized spacial score (nSPS) is 21.7. The molecule has 3 heteroatoms. The minimum absolute atomic E-state index is 0.0669. The van der Waals surface area contributed by atoms with Gasteiger partial charge in [-0.3, -0.25) is 0 Å². The van der Waals surface area contributed by atoms with Crippen LogP contribution in [0.15, 0.2) is 11.6 Å². The fourth-order valence-corrected chi connectivity index (χ4v) is 3.11. The Morgan fingerprint density at radius 3 is 2.75 bits per heavy atom. The highest BCUT2D eigenvalue weighted by atomic mass is 32.1. The molecule has 0 aromatic carbocycles. The second-order valence-electron chi connectivity index (χ2n) is 5.02. The SMILES string of the molecule is CCC(NC(C)(CC)c1nccs1)C1CC1. The molecule has 16 heavy (non-hydrogen) atoms. The van der Waals surface area contributed by atoms with E-state index in [4.69, 9.17) is 0 Å². The lowest BCUT2D eigenvalue weighted by Crippen LogP contribution is -2.46. The van der Waals surface area contributed by atoms with Crippen molar-refractivity contribution in [3.05, 3.63) is 16.6 Å². The second kappa shape index (κ2) is 4.84. The summed E-state index contributed by atoms with van der Waals surface area (Å²) in [5, 5.41) is 7.15. The Labute approximate surface area is 102 Å². The Bertz CT molecular complexity index is 319. The highest BCUT2D eigenvalue weighted by Gasteiger charge is 2.36. The molecule has 1 N–H and O–H groups in total. The lowest BCUT2D eigenvalue weighted by atomic mass is 9.96. The van der Waals surface area contributed by atoms with Crippen LogP contribution in [0, 0.1) is 5.92 Å². The first-order valence-electron chi connectivity index (χ1n) is 6.37. The highest BCUT2D eigenvalue weighted by Crippen LogP contribution is 2.37. The van der Waals surface area contributed by atoms with Gasteiger partial charge in [0, 0.05) is 17.6 Å². The Morgan fingerprint density at radius 2 is 2.31 bits per heavy atom. The molecule has 0 spiro atoms. The summed E-state index contributed by atoms with van der Waals surface area (Å²) < 4.78 is 0. The molecule has 1 aromatic rings. The number of hydrogen-bond donors (Lipinski definition) is 1. The first-order chi connectivity index (χ1) is 7.69. The topological polar surface area (TPSA) is 24.9 Å². The summed E-state index contributed by atoms with van der Waals surface area (Å²) in [6.45, 7) is 6.82. The van der Waals surface area contributed by atoms with Crippen LogP contribution >= 0.6 is 11.3 Å². The van der Waals surface area contributed by atoms with Crippen LogP contribution in [-0.2, 0) is 5.54 Å². The third kappa shape index (κ3) is 2.46. The van der Waals surface area contributed by atoms with E-state index >= 15 is 0 Å². The van der Waals surface area contributed by atoms with Gasteiger partial charge in [0.1, 0.15) is 5.01 Å². The summed E-state index contributed by atoms with van der Waals surface area (Å²) in [4.78, 5) is 4.48. The standard InChI is InChI=1S/C13H22N2S/c1-4-11(10-6-7-10)15-13(3,5-2)12-14-8-9-16-12/h8-11,15H,4-7H2,1-3H3. The lowest BCUT2D eigenvalue weighted by molar-refractivity contribution is 0.279. The summed E-state index contributed by atoms with van der Waals surface area (Å²) in [5.74, 6) is 0.913. The molecule has 2 atom stereocenters. The van der Waals surface area contributed by atoms with Gasteiger partial charge in [-0.25, -0.2) is 4.98 Å². The third-order valence-electron chi connectivity index (χ3n) is 3.75. The van der Waals surface area contributed by atoms with Gasteiger partial charge in [-0.15, -0.1) is 11.3 Å².